The second-order valence-corrected chi connectivity index (χ2v) is 31.3. The van der Waals surface area contributed by atoms with Crippen molar-refractivity contribution in [2.75, 3.05) is 9.80 Å². The summed E-state index contributed by atoms with van der Waals surface area (Å²) in [7, 11) is 0. The van der Waals surface area contributed by atoms with Crippen LogP contribution in [0, 0.1) is 5.41 Å². The quantitative estimate of drug-likeness (QED) is 0.148. The number of aromatic nitrogens is 2. The monoisotopic (exact) mass is 1200 g/mol. The average molecular weight is 1200 g/mol. The van der Waals surface area contributed by atoms with Crippen molar-refractivity contribution in [3.05, 3.63) is 258 Å². The van der Waals surface area contributed by atoms with Crippen molar-refractivity contribution in [3.8, 4) is 33.6 Å². The molecule has 0 bridgehead atoms. The zero-order valence-corrected chi connectivity index (χ0v) is 56.3. The maximum absolute atomic E-state index is 10.5. The van der Waals surface area contributed by atoms with Gasteiger partial charge in [0.25, 0.3) is 6.71 Å². The first kappa shape index (κ1) is 56.7. The second kappa shape index (κ2) is 21.1. The summed E-state index contributed by atoms with van der Waals surface area (Å²) in [5.74, 6) is 0. The Morgan fingerprint density at radius 2 is 0.641 bits per heavy atom. The molecule has 2 aromatic heterocycles. The van der Waals surface area contributed by atoms with E-state index in [0.29, 0.717) is 5.56 Å². The topological polar surface area (TPSA) is 16.3 Å². The molecule has 4 heterocycles. The molecule has 0 saturated carbocycles. The van der Waals surface area contributed by atoms with Gasteiger partial charge < -0.3 is 18.9 Å². The summed E-state index contributed by atoms with van der Waals surface area (Å²) >= 11 is 0. The fourth-order valence-electron chi connectivity index (χ4n) is 14.8. The Hall–Kier alpha value is -9.32. The Morgan fingerprint density at radius 1 is 0.315 bits per heavy atom. The lowest BCUT2D eigenvalue weighted by Gasteiger charge is -2.45. The van der Waals surface area contributed by atoms with Crippen molar-refractivity contribution >= 4 is 101 Å². The first-order chi connectivity index (χ1) is 44.6. The van der Waals surface area contributed by atoms with Crippen LogP contribution in [0.2, 0.25) is 0 Å². The Labute approximate surface area is 548 Å². The first-order valence-electron chi connectivity index (χ1n) is 34.1. The summed E-state index contributed by atoms with van der Waals surface area (Å²) in [6, 6.07) is 86.5. The molecule has 0 fully saturated rings. The van der Waals surface area contributed by atoms with E-state index in [-0.39, 0.29) is 28.4 Å². The Balaban J connectivity index is 1.08. The maximum Gasteiger partial charge on any atom is 0.252 e. The van der Waals surface area contributed by atoms with Gasteiger partial charge in [0.05, 0.1) is 33.4 Å². The average Bonchev–Trinajstić information content (AvgIpc) is 0.706. The molecule has 0 N–H and O–H groups in total. The van der Waals surface area contributed by atoms with Crippen molar-refractivity contribution in [1.82, 2.24) is 9.13 Å². The minimum atomic E-state index is -1.80. The molecule has 0 unspecified atom stereocenters. The van der Waals surface area contributed by atoms with Crippen molar-refractivity contribution < 1.29 is 2.74 Å². The van der Waals surface area contributed by atoms with Crippen LogP contribution >= 0.6 is 0 Å². The molecule has 0 atom stereocenters. The summed E-state index contributed by atoms with van der Waals surface area (Å²) in [5, 5.41) is 4.95. The molecular formula is C87H85BN4. The third-order valence-electron chi connectivity index (χ3n) is 19.5. The second-order valence-electron chi connectivity index (χ2n) is 31.3. The predicted molar refractivity (Wildman–Crippen MR) is 398 cm³/mol. The van der Waals surface area contributed by atoms with Gasteiger partial charge >= 0.3 is 0 Å². The van der Waals surface area contributed by atoms with Gasteiger partial charge in [0.1, 0.15) is 0 Å². The van der Waals surface area contributed by atoms with E-state index < -0.39 is 11.8 Å². The van der Waals surface area contributed by atoms with E-state index in [2.05, 4.69) is 333 Å². The smallest absolute Gasteiger partial charge is 0.252 e. The van der Waals surface area contributed by atoms with Crippen LogP contribution < -0.4 is 26.2 Å². The van der Waals surface area contributed by atoms with E-state index >= 15 is 0 Å². The third-order valence-corrected chi connectivity index (χ3v) is 19.5. The number of nitrogens with zero attached hydrogens (tertiary/aromatic N) is 4. The van der Waals surface area contributed by atoms with Gasteiger partial charge in [-0.2, -0.15) is 0 Å². The lowest BCUT2D eigenvalue weighted by atomic mass is 9.33. The minimum absolute atomic E-state index is 0.0531. The van der Waals surface area contributed by atoms with Crippen molar-refractivity contribution in [1.29, 1.82) is 0 Å². The molecule has 0 spiro atoms. The van der Waals surface area contributed by atoms with Gasteiger partial charge in [-0.25, -0.2) is 0 Å². The van der Waals surface area contributed by atoms with Crippen LogP contribution in [0.4, 0.5) is 34.1 Å². The van der Waals surface area contributed by atoms with Gasteiger partial charge in [-0.15, -0.1) is 0 Å². The maximum atomic E-state index is 10.5. The fourth-order valence-corrected chi connectivity index (χ4v) is 14.8. The van der Waals surface area contributed by atoms with Crippen LogP contribution in [0.5, 0.6) is 0 Å². The molecule has 15 rings (SSSR count). The highest BCUT2D eigenvalue weighted by Gasteiger charge is 2.45. The van der Waals surface area contributed by atoms with Gasteiger partial charge in [0, 0.05) is 69.5 Å². The summed E-state index contributed by atoms with van der Waals surface area (Å²) < 4.78 is 25.9. The standard InChI is InChI=1S/C87H85BN4/c1-83(2,3)54-55-46-80-82-81(47-55)92(73-33-25-23-31-65(73)57-28-20-17-21-29-57)79-53-63(90-76-44-36-60(86(10,11)12)50-68(76)69-51-61(87(13,14)15)37-45-77(69)90)39-41-71(79)88(82)70-40-38-62(52-78(70)91(80)72-32-24-22-30-64(72)56-26-18-16-19-27-56)89-74-42-34-58(84(4,5)6)48-66(74)67-49-59(85(7,8)9)35-43-75(67)89/h16-53H,54H2,1-15H3/i54D2. The molecule has 2 aliphatic rings. The molecule has 0 amide bonds. The molecule has 0 radical (unpaired) electrons. The molecule has 13 aromatic rings. The summed E-state index contributed by atoms with van der Waals surface area (Å²) in [5.41, 5.74) is 25.4. The normalized spacial score (nSPS) is 14.1. The highest BCUT2D eigenvalue weighted by molar-refractivity contribution is 7.00. The molecule has 456 valence electrons. The Bertz CT molecular complexity index is 4750. The lowest BCUT2D eigenvalue weighted by molar-refractivity contribution is 0.411. The lowest BCUT2D eigenvalue weighted by Crippen LogP contribution is -2.61. The van der Waals surface area contributed by atoms with Crippen LogP contribution in [0.15, 0.2) is 231 Å². The van der Waals surface area contributed by atoms with Gasteiger partial charge in [0.2, 0.25) is 0 Å². The Kier molecular flexibility index (Phi) is 13.0. The molecule has 92 heavy (non-hydrogen) atoms. The van der Waals surface area contributed by atoms with Gasteiger partial charge in [-0.05, 0) is 186 Å². The van der Waals surface area contributed by atoms with Crippen molar-refractivity contribution in [3.63, 3.8) is 0 Å². The van der Waals surface area contributed by atoms with Crippen LogP contribution in [0.25, 0.3) is 77.2 Å². The van der Waals surface area contributed by atoms with Crippen LogP contribution in [-0.4, -0.2) is 15.8 Å². The van der Waals surface area contributed by atoms with Crippen LogP contribution in [0.3, 0.4) is 0 Å². The van der Waals surface area contributed by atoms with E-state index in [4.69, 9.17) is 0 Å². The first-order valence-corrected chi connectivity index (χ1v) is 33.1. The fraction of sp³-hybridized carbons (Fsp3) is 0.241. The number of hydrogen-bond donors (Lipinski definition) is 0. The van der Waals surface area contributed by atoms with Crippen LogP contribution in [0.1, 0.15) is 134 Å². The van der Waals surface area contributed by atoms with Gasteiger partial charge in [0.15, 0.2) is 0 Å². The number of para-hydroxylation sites is 2. The molecule has 11 aromatic carbocycles. The molecule has 0 saturated heterocycles. The molecular weight excluding hydrogens is 1110 g/mol. The molecule has 2 aliphatic heterocycles. The van der Waals surface area contributed by atoms with Gasteiger partial charge in [-0.3, -0.25) is 0 Å². The summed E-state index contributed by atoms with van der Waals surface area (Å²) in [6.07, 6.45) is -1.80. The highest BCUT2D eigenvalue weighted by atomic mass is 15.2. The number of hydrogen-bond acceptors (Lipinski definition) is 2. The van der Waals surface area contributed by atoms with E-state index in [0.717, 1.165) is 95.3 Å². The van der Waals surface area contributed by atoms with Gasteiger partial charge in [-0.1, -0.05) is 237 Å². The molecule has 5 heteroatoms. The number of fused-ring (bicyclic) bond motifs is 10. The third kappa shape index (κ3) is 9.88. The zero-order chi connectivity index (χ0) is 65.9. The molecule has 4 nitrogen and oxygen atoms in total. The van der Waals surface area contributed by atoms with E-state index in [1.807, 2.05) is 20.8 Å². The zero-order valence-electron chi connectivity index (χ0n) is 58.3. The number of benzene rings is 11. The largest absolute Gasteiger partial charge is 0.311 e. The van der Waals surface area contributed by atoms with Crippen LogP contribution in [-0.2, 0) is 28.0 Å². The SMILES string of the molecule is [2H]C([2H])(c1cc2c3c(c1)N(c1ccccc1-c1ccccc1)c1cc(-n4c5ccc(C(C)(C)C)cc5c5cc(C(C)(C)C)ccc54)ccc1B3c1ccc(-n3c4ccc(C(C)(C)C)cc4c4cc(C(C)(C)C)ccc43)cc1N2c1ccccc1-c1ccccc1)C(C)(C)C. The van der Waals surface area contributed by atoms with Crippen molar-refractivity contribution in [2.24, 2.45) is 5.41 Å². The highest BCUT2D eigenvalue weighted by Crippen LogP contribution is 2.51. The van der Waals surface area contributed by atoms with E-state index in [9.17, 15) is 2.74 Å². The number of anilines is 6. The Morgan fingerprint density at radius 3 is 0.967 bits per heavy atom. The predicted octanol–water partition coefficient (Wildman–Crippen LogP) is 22.1. The molecule has 0 aliphatic carbocycles. The minimum Gasteiger partial charge on any atom is -0.311 e. The van der Waals surface area contributed by atoms with E-state index in [1.54, 1.807) is 0 Å². The van der Waals surface area contributed by atoms with E-state index in [1.165, 1.54) is 54.7 Å². The summed E-state index contributed by atoms with van der Waals surface area (Å²) in [6.45, 7) is 33.5. The summed E-state index contributed by atoms with van der Waals surface area (Å²) in [4.78, 5) is 5.00. The number of rotatable bonds is 7. The van der Waals surface area contributed by atoms with Crippen molar-refractivity contribution in [2.45, 2.75) is 132 Å².